The predicted octanol–water partition coefficient (Wildman–Crippen LogP) is 3.61. The molecule has 1 aliphatic heterocycles. The highest BCUT2D eigenvalue weighted by molar-refractivity contribution is 4.85. The average molecular weight is 241 g/mol. The first kappa shape index (κ1) is 15.0. The zero-order valence-electron chi connectivity index (χ0n) is 12.2. The van der Waals surface area contributed by atoms with Crippen LogP contribution in [0.3, 0.4) is 0 Å². The largest absolute Gasteiger partial charge is 0.378 e. The highest BCUT2D eigenvalue weighted by atomic mass is 16.5. The third kappa shape index (κ3) is 4.97. The lowest BCUT2D eigenvalue weighted by Gasteiger charge is -2.28. The van der Waals surface area contributed by atoms with Gasteiger partial charge >= 0.3 is 0 Å². The molecular weight excluding hydrogens is 210 g/mol. The van der Waals surface area contributed by atoms with Crippen molar-refractivity contribution in [2.45, 2.75) is 71.9 Å². The highest BCUT2D eigenvalue weighted by Gasteiger charge is 2.32. The minimum Gasteiger partial charge on any atom is -0.378 e. The van der Waals surface area contributed by atoms with Crippen LogP contribution in [0.1, 0.15) is 59.8 Å². The number of hydrogen-bond acceptors (Lipinski definition) is 2. The summed E-state index contributed by atoms with van der Waals surface area (Å²) in [7, 11) is 0. The van der Waals surface area contributed by atoms with Crippen molar-refractivity contribution >= 4 is 0 Å². The molecule has 0 radical (unpaired) electrons. The van der Waals surface area contributed by atoms with E-state index >= 15 is 0 Å². The molecule has 0 saturated carbocycles. The fraction of sp³-hybridized carbons (Fsp3) is 1.00. The Morgan fingerprint density at radius 3 is 2.59 bits per heavy atom. The highest BCUT2D eigenvalue weighted by Crippen LogP contribution is 2.29. The Hall–Kier alpha value is -0.0800. The zero-order chi connectivity index (χ0) is 12.7. The van der Waals surface area contributed by atoms with Gasteiger partial charge in [0.15, 0.2) is 0 Å². The SMILES string of the molecule is CCNC(CCCC(C)C)C1CCOC1CC. The van der Waals surface area contributed by atoms with Crippen molar-refractivity contribution in [2.75, 3.05) is 13.2 Å². The van der Waals surface area contributed by atoms with Gasteiger partial charge in [0.25, 0.3) is 0 Å². The minimum absolute atomic E-state index is 0.498. The van der Waals surface area contributed by atoms with Crippen molar-refractivity contribution < 1.29 is 4.74 Å². The van der Waals surface area contributed by atoms with E-state index < -0.39 is 0 Å². The van der Waals surface area contributed by atoms with E-state index in [4.69, 9.17) is 4.74 Å². The molecule has 0 aromatic heterocycles. The van der Waals surface area contributed by atoms with Gasteiger partial charge in [-0.25, -0.2) is 0 Å². The first-order valence-corrected chi connectivity index (χ1v) is 7.54. The van der Waals surface area contributed by atoms with Crippen LogP contribution in [0.2, 0.25) is 0 Å². The molecule has 1 fully saturated rings. The Bertz CT molecular complexity index is 193. The van der Waals surface area contributed by atoms with Crippen LogP contribution < -0.4 is 5.32 Å². The predicted molar refractivity (Wildman–Crippen MR) is 74.3 cm³/mol. The molecule has 102 valence electrons. The first-order chi connectivity index (χ1) is 8.19. The molecule has 0 aliphatic carbocycles. The fourth-order valence-corrected chi connectivity index (χ4v) is 3.02. The monoisotopic (exact) mass is 241 g/mol. The molecule has 0 aromatic rings. The summed E-state index contributed by atoms with van der Waals surface area (Å²) in [5.74, 6) is 1.58. The lowest BCUT2D eigenvalue weighted by atomic mass is 9.87. The van der Waals surface area contributed by atoms with Crippen molar-refractivity contribution in [3.8, 4) is 0 Å². The van der Waals surface area contributed by atoms with Crippen LogP contribution in [0.15, 0.2) is 0 Å². The van der Waals surface area contributed by atoms with Crippen molar-refractivity contribution in [2.24, 2.45) is 11.8 Å². The second-order valence-electron chi connectivity index (χ2n) is 5.76. The Morgan fingerprint density at radius 1 is 1.24 bits per heavy atom. The average Bonchev–Trinajstić information content (AvgIpc) is 2.75. The molecule has 1 aliphatic rings. The summed E-state index contributed by atoms with van der Waals surface area (Å²) in [6.07, 6.45) is 6.93. The molecule has 1 rings (SSSR count). The lowest BCUT2D eigenvalue weighted by Crippen LogP contribution is -2.39. The van der Waals surface area contributed by atoms with Gasteiger partial charge in [0.2, 0.25) is 0 Å². The minimum atomic E-state index is 0.498. The summed E-state index contributed by atoms with van der Waals surface area (Å²) in [6.45, 7) is 11.1. The smallest absolute Gasteiger partial charge is 0.0616 e. The van der Waals surface area contributed by atoms with E-state index in [0.717, 1.165) is 31.4 Å². The van der Waals surface area contributed by atoms with Crippen LogP contribution in [0.25, 0.3) is 0 Å². The molecule has 2 heteroatoms. The van der Waals surface area contributed by atoms with Gasteiger partial charge in [-0.05, 0) is 31.7 Å². The molecule has 0 aromatic carbocycles. The molecule has 3 unspecified atom stereocenters. The summed E-state index contributed by atoms with van der Waals surface area (Å²) in [6, 6.07) is 0.672. The van der Waals surface area contributed by atoms with E-state index in [1.807, 2.05) is 0 Å². The quantitative estimate of drug-likeness (QED) is 0.701. The molecule has 1 saturated heterocycles. The lowest BCUT2D eigenvalue weighted by molar-refractivity contribution is 0.0762. The second-order valence-corrected chi connectivity index (χ2v) is 5.76. The number of rotatable bonds is 8. The van der Waals surface area contributed by atoms with Crippen molar-refractivity contribution in [1.29, 1.82) is 0 Å². The van der Waals surface area contributed by atoms with Crippen molar-refractivity contribution in [3.63, 3.8) is 0 Å². The Labute approximate surface area is 108 Å². The van der Waals surface area contributed by atoms with Crippen LogP contribution in [-0.2, 0) is 4.74 Å². The van der Waals surface area contributed by atoms with Crippen LogP contribution in [-0.4, -0.2) is 25.3 Å². The van der Waals surface area contributed by atoms with Gasteiger partial charge in [0, 0.05) is 18.6 Å². The molecule has 3 atom stereocenters. The topological polar surface area (TPSA) is 21.3 Å². The van der Waals surface area contributed by atoms with Gasteiger partial charge in [0.1, 0.15) is 0 Å². The summed E-state index contributed by atoms with van der Waals surface area (Å²) >= 11 is 0. The van der Waals surface area contributed by atoms with E-state index in [0.29, 0.717) is 12.1 Å². The van der Waals surface area contributed by atoms with Gasteiger partial charge < -0.3 is 10.1 Å². The summed E-state index contributed by atoms with van der Waals surface area (Å²) in [4.78, 5) is 0. The fourth-order valence-electron chi connectivity index (χ4n) is 3.02. The van der Waals surface area contributed by atoms with E-state index in [1.54, 1.807) is 0 Å². The Balaban J connectivity index is 2.40. The maximum Gasteiger partial charge on any atom is 0.0616 e. The number of hydrogen-bond donors (Lipinski definition) is 1. The first-order valence-electron chi connectivity index (χ1n) is 7.54. The molecule has 2 nitrogen and oxygen atoms in total. The van der Waals surface area contributed by atoms with Gasteiger partial charge in [0.05, 0.1) is 6.10 Å². The molecule has 1 N–H and O–H groups in total. The molecule has 17 heavy (non-hydrogen) atoms. The zero-order valence-corrected chi connectivity index (χ0v) is 12.2. The maximum atomic E-state index is 5.83. The van der Waals surface area contributed by atoms with Crippen LogP contribution in [0, 0.1) is 11.8 Å². The number of ether oxygens (including phenoxy) is 1. The van der Waals surface area contributed by atoms with Gasteiger partial charge in [-0.2, -0.15) is 0 Å². The second kappa shape index (κ2) is 8.10. The summed E-state index contributed by atoms with van der Waals surface area (Å²) in [5, 5.41) is 3.68. The van der Waals surface area contributed by atoms with Crippen LogP contribution in [0.5, 0.6) is 0 Å². The Kier molecular flexibility index (Phi) is 7.14. The van der Waals surface area contributed by atoms with Gasteiger partial charge in [-0.15, -0.1) is 0 Å². The standard InChI is InChI=1S/C15H31NO/c1-5-15-13(10-11-17-15)14(16-6-2)9-7-8-12(3)4/h12-16H,5-11H2,1-4H3. The molecule has 0 spiro atoms. The molecule has 1 heterocycles. The Morgan fingerprint density at radius 2 is 2.00 bits per heavy atom. The van der Waals surface area contributed by atoms with Gasteiger partial charge in [-0.1, -0.05) is 40.5 Å². The molecule has 0 bridgehead atoms. The molecular formula is C15H31NO. The third-order valence-corrected chi connectivity index (χ3v) is 3.94. The molecule has 0 amide bonds. The maximum absolute atomic E-state index is 5.83. The van der Waals surface area contributed by atoms with E-state index in [-0.39, 0.29) is 0 Å². The third-order valence-electron chi connectivity index (χ3n) is 3.94. The van der Waals surface area contributed by atoms with E-state index in [2.05, 4.69) is 33.0 Å². The normalized spacial score (nSPS) is 26.6. The van der Waals surface area contributed by atoms with Crippen molar-refractivity contribution in [3.05, 3.63) is 0 Å². The van der Waals surface area contributed by atoms with Gasteiger partial charge in [-0.3, -0.25) is 0 Å². The van der Waals surface area contributed by atoms with Crippen LogP contribution in [0.4, 0.5) is 0 Å². The summed E-state index contributed by atoms with van der Waals surface area (Å²) < 4.78 is 5.83. The number of nitrogens with one attached hydrogen (secondary N) is 1. The summed E-state index contributed by atoms with van der Waals surface area (Å²) in [5.41, 5.74) is 0. The van der Waals surface area contributed by atoms with Crippen molar-refractivity contribution in [1.82, 2.24) is 5.32 Å². The van der Waals surface area contributed by atoms with Crippen LogP contribution >= 0.6 is 0 Å². The van der Waals surface area contributed by atoms with E-state index in [1.165, 1.54) is 25.7 Å². The van der Waals surface area contributed by atoms with E-state index in [9.17, 15) is 0 Å².